The van der Waals surface area contributed by atoms with Crippen LogP contribution < -0.4 is 0 Å². The molecule has 0 aromatic heterocycles. The Hall–Kier alpha value is -0.460. The van der Waals surface area contributed by atoms with Crippen molar-refractivity contribution in [1.82, 2.24) is 0 Å². The normalized spacial score (nSPS) is 31.4. The molecule has 0 aliphatic heterocycles. The highest BCUT2D eigenvalue weighted by molar-refractivity contribution is 6.31. The lowest BCUT2D eigenvalue weighted by molar-refractivity contribution is 0.894. The predicted octanol–water partition coefficient (Wildman–Crippen LogP) is 5.24. The Labute approximate surface area is 114 Å². The molecule has 1 aromatic rings. The second-order valence-corrected chi connectivity index (χ2v) is 6.62. The molecule has 3 atom stereocenters. The molecule has 1 fully saturated rings. The highest BCUT2D eigenvalue weighted by atomic mass is 35.5. The molecule has 1 aliphatic rings. The average molecular weight is 269 g/mol. The van der Waals surface area contributed by atoms with Crippen molar-refractivity contribution in [2.24, 2.45) is 5.92 Å². The first-order valence-electron chi connectivity index (χ1n) is 5.87. The Bertz CT molecular complexity index is 463. The fraction of sp³-hybridized carbons (Fsp3) is 0.467. The summed E-state index contributed by atoms with van der Waals surface area (Å²) in [6, 6.07) is 4.26. The maximum Gasteiger partial charge on any atom is 0.0564 e. The number of hydrogen-bond donors (Lipinski definition) is 0. The summed E-state index contributed by atoms with van der Waals surface area (Å²) in [7, 11) is 0. The van der Waals surface area contributed by atoms with E-state index in [1.165, 1.54) is 11.1 Å². The van der Waals surface area contributed by atoms with Gasteiger partial charge in [-0.1, -0.05) is 29.8 Å². The van der Waals surface area contributed by atoms with Crippen LogP contribution >= 0.6 is 23.2 Å². The molecule has 0 nitrogen and oxygen atoms in total. The van der Waals surface area contributed by atoms with Crippen LogP contribution in [0.5, 0.6) is 0 Å². The van der Waals surface area contributed by atoms with Gasteiger partial charge < -0.3 is 0 Å². The summed E-state index contributed by atoms with van der Waals surface area (Å²) in [4.78, 5) is -0.198. The van der Waals surface area contributed by atoms with E-state index >= 15 is 0 Å². The number of allylic oxidation sites excluding steroid dienone is 1. The molecule has 1 aliphatic carbocycles. The minimum Gasteiger partial charge on any atom is -0.118 e. The van der Waals surface area contributed by atoms with Crippen LogP contribution in [0.25, 0.3) is 0 Å². The summed E-state index contributed by atoms with van der Waals surface area (Å²) in [6.07, 6.45) is 0. The predicted molar refractivity (Wildman–Crippen MR) is 76.2 cm³/mol. The van der Waals surface area contributed by atoms with Crippen LogP contribution in [0.3, 0.4) is 0 Å². The molecule has 0 bridgehead atoms. The first-order valence-corrected chi connectivity index (χ1v) is 6.63. The van der Waals surface area contributed by atoms with Crippen LogP contribution in [-0.2, 0) is 0 Å². The Kier molecular flexibility index (Phi) is 3.08. The summed E-state index contributed by atoms with van der Waals surface area (Å²) in [5.41, 5.74) is 4.77. The zero-order valence-electron chi connectivity index (χ0n) is 10.8. The van der Waals surface area contributed by atoms with Gasteiger partial charge in [0.25, 0.3) is 0 Å². The van der Waals surface area contributed by atoms with Gasteiger partial charge in [-0.2, -0.15) is 0 Å². The van der Waals surface area contributed by atoms with E-state index in [4.69, 9.17) is 23.2 Å². The molecule has 0 saturated heterocycles. The van der Waals surface area contributed by atoms with Crippen LogP contribution in [-0.4, -0.2) is 4.87 Å². The van der Waals surface area contributed by atoms with Crippen LogP contribution in [0.2, 0.25) is 5.02 Å². The summed E-state index contributed by atoms with van der Waals surface area (Å²) >= 11 is 12.8. The van der Waals surface area contributed by atoms with Gasteiger partial charge in [0.15, 0.2) is 0 Å². The van der Waals surface area contributed by atoms with Gasteiger partial charge in [-0.3, -0.25) is 0 Å². The highest BCUT2D eigenvalue weighted by Crippen LogP contribution is 2.64. The minimum atomic E-state index is -0.198. The van der Waals surface area contributed by atoms with E-state index in [0.717, 1.165) is 16.2 Å². The fourth-order valence-corrected chi connectivity index (χ4v) is 3.57. The third-order valence-electron chi connectivity index (χ3n) is 3.96. The average Bonchev–Trinajstić information content (AvgIpc) is 2.77. The van der Waals surface area contributed by atoms with E-state index in [1.54, 1.807) is 0 Å². The lowest BCUT2D eigenvalue weighted by Crippen LogP contribution is -1.96. The van der Waals surface area contributed by atoms with Gasteiger partial charge in [0, 0.05) is 16.9 Å². The van der Waals surface area contributed by atoms with E-state index in [9.17, 15) is 0 Å². The molecule has 92 valence electrons. The molecule has 1 saturated carbocycles. The van der Waals surface area contributed by atoms with Crippen LogP contribution in [0, 0.1) is 19.8 Å². The Balaban J connectivity index is 2.41. The monoisotopic (exact) mass is 268 g/mol. The molecule has 0 spiro atoms. The maximum absolute atomic E-state index is 6.54. The number of benzene rings is 1. The van der Waals surface area contributed by atoms with Crippen molar-refractivity contribution in [2.75, 3.05) is 0 Å². The van der Waals surface area contributed by atoms with Crippen molar-refractivity contribution in [3.63, 3.8) is 0 Å². The first kappa shape index (κ1) is 13.0. The van der Waals surface area contributed by atoms with E-state index in [-0.39, 0.29) is 4.87 Å². The highest BCUT2D eigenvalue weighted by Gasteiger charge is 2.61. The van der Waals surface area contributed by atoms with Crippen molar-refractivity contribution in [1.29, 1.82) is 0 Å². The van der Waals surface area contributed by atoms with Crippen molar-refractivity contribution in [3.05, 3.63) is 46.0 Å². The second-order valence-electron chi connectivity index (χ2n) is 5.40. The van der Waals surface area contributed by atoms with Gasteiger partial charge >= 0.3 is 0 Å². The Morgan fingerprint density at radius 1 is 1.35 bits per heavy atom. The minimum absolute atomic E-state index is 0.198. The molecule has 1 aromatic carbocycles. The molecular formula is C15H18Cl2. The lowest BCUT2D eigenvalue weighted by atomic mass is 10.0. The van der Waals surface area contributed by atoms with Crippen molar-refractivity contribution < 1.29 is 0 Å². The Morgan fingerprint density at radius 3 is 2.35 bits per heavy atom. The maximum atomic E-state index is 6.54. The number of hydrogen-bond acceptors (Lipinski definition) is 0. The van der Waals surface area contributed by atoms with Gasteiger partial charge in [-0.15, -0.1) is 11.6 Å². The number of alkyl halides is 1. The standard InChI is InChI=1S/C15H18Cl2/c1-8(2)13-14(15(13,5)17)11-6-9(3)10(4)12(16)7-11/h6-7,13-14H,1H2,2-5H3. The molecule has 0 amide bonds. The summed E-state index contributed by atoms with van der Waals surface area (Å²) in [6.45, 7) is 12.3. The van der Waals surface area contributed by atoms with Gasteiger partial charge in [-0.05, 0) is 50.5 Å². The topological polar surface area (TPSA) is 0 Å². The zero-order valence-corrected chi connectivity index (χ0v) is 12.3. The third-order valence-corrected chi connectivity index (χ3v) is 4.82. The van der Waals surface area contributed by atoms with Gasteiger partial charge in [0.2, 0.25) is 0 Å². The quantitative estimate of drug-likeness (QED) is 0.508. The van der Waals surface area contributed by atoms with Crippen molar-refractivity contribution >= 4 is 23.2 Å². The summed E-state index contributed by atoms with van der Waals surface area (Å²) in [5, 5.41) is 0.833. The van der Waals surface area contributed by atoms with E-state index in [1.807, 2.05) is 13.8 Å². The first-order chi connectivity index (χ1) is 7.76. The molecule has 2 rings (SSSR count). The number of rotatable bonds is 2. The van der Waals surface area contributed by atoms with Crippen LogP contribution in [0.4, 0.5) is 0 Å². The molecular weight excluding hydrogens is 251 g/mol. The largest absolute Gasteiger partial charge is 0.118 e. The van der Waals surface area contributed by atoms with Crippen LogP contribution in [0.15, 0.2) is 24.3 Å². The van der Waals surface area contributed by atoms with E-state index in [2.05, 4.69) is 32.6 Å². The smallest absolute Gasteiger partial charge is 0.0564 e. The second kappa shape index (κ2) is 4.03. The molecule has 17 heavy (non-hydrogen) atoms. The molecule has 0 radical (unpaired) electrons. The van der Waals surface area contributed by atoms with Crippen molar-refractivity contribution in [3.8, 4) is 0 Å². The van der Waals surface area contributed by atoms with E-state index in [0.29, 0.717) is 11.8 Å². The van der Waals surface area contributed by atoms with Gasteiger partial charge in [-0.25, -0.2) is 0 Å². The van der Waals surface area contributed by atoms with Crippen molar-refractivity contribution in [2.45, 2.75) is 38.5 Å². The lowest BCUT2D eigenvalue weighted by Gasteiger charge is -2.08. The third kappa shape index (κ3) is 2.02. The van der Waals surface area contributed by atoms with Gasteiger partial charge in [0.05, 0.1) is 4.87 Å². The molecule has 2 heteroatoms. The van der Waals surface area contributed by atoms with Gasteiger partial charge in [0.1, 0.15) is 0 Å². The molecule has 3 unspecified atom stereocenters. The summed E-state index contributed by atoms with van der Waals surface area (Å²) < 4.78 is 0. The fourth-order valence-electron chi connectivity index (χ4n) is 2.79. The number of aryl methyl sites for hydroxylation is 1. The van der Waals surface area contributed by atoms with Crippen LogP contribution in [0.1, 0.15) is 36.5 Å². The summed E-state index contributed by atoms with van der Waals surface area (Å²) in [5.74, 6) is 0.709. The number of halogens is 2. The Morgan fingerprint density at radius 2 is 1.94 bits per heavy atom. The molecule has 0 heterocycles. The molecule has 0 N–H and O–H groups in total. The van der Waals surface area contributed by atoms with E-state index < -0.39 is 0 Å². The zero-order chi connectivity index (χ0) is 13.0. The SMILES string of the molecule is C=C(C)C1C(c2cc(C)c(C)c(Cl)c2)C1(C)Cl.